The quantitative estimate of drug-likeness (QED) is 0.239. The van der Waals surface area contributed by atoms with Crippen LogP contribution >= 0.6 is 23.4 Å². The number of benzene rings is 2. The predicted molar refractivity (Wildman–Crippen MR) is 130 cm³/mol. The first kappa shape index (κ1) is 24.2. The summed E-state index contributed by atoms with van der Waals surface area (Å²) in [5.74, 6) is 2.94. The van der Waals surface area contributed by atoms with Crippen molar-refractivity contribution in [2.75, 3.05) is 13.2 Å². The largest absolute Gasteiger partial charge is 0.490 e. The minimum Gasteiger partial charge on any atom is -0.490 e. The van der Waals surface area contributed by atoms with E-state index in [1.165, 1.54) is 0 Å². The number of halogens is 1. The van der Waals surface area contributed by atoms with Gasteiger partial charge in [0.15, 0.2) is 22.5 Å². The predicted octanol–water partition coefficient (Wildman–Crippen LogP) is 5.25. The Morgan fingerprint density at radius 1 is 1.18 bits per heavy atom. The summed E-state index contributed by atoms with van der Waals surface area (Å²) < 4.78 is 13.0. The second-order valence-corrected chi connectivity index (χ2v) is 8.05. The van der Waals surface area contributed by atoms with Crippen LogP contribution in [0, 0.1) is 12.3 Å². The van der Waals surface area contributed by atoms with Crippen LogP contribution in [0.1, 0.15) is 19.4 Å². The molecule has 0 saturated heterocycles. The molecular weight excluding hydrogens is 462 g/mol. The third-order valence-electron chi connectivity index (χ3n) is 4.42. The zero-order chi connectivity index (χ0) is 23.8. The number of terminal acetylenes is 1. The Hall–Kier alpha value is -3.41. The van der Waals surface area contributed by atoms with Gasteiger partial charge in [-0.3, -0.25) is 0 Å². The van der Waals surface area contributed by atoms with Gasteiger partial charge >= 0.3 is 5.97 Å². The van der Waals surface area contributed by atoms with Crippen LogP contribution in [-0.2, 0) is 11.3 Å². The zero-order valence-corrected chi connectivity index (χ0v) is 19.7. The Bertz CT molecular complexity index is 1200. The summed E-state index contributed by atoms with van der Waals surface area (Å²) in [6.45, 7) is 4.89. The molecule has 33 heavy (non-hydrogen) atoms. The lowest BCUT2D eigenvalue weighted by Gasteiger charge is -2.11. The molecule has 0 fully saturated rings. The third-order valence-corrected chi connectivity index (χ3v) is 5.67. The van der Waals surface area contributed by atoms with Gasteiger partial charge in [0.25, 0.3) is 0 Å². The molecule has 0 amide bonds. The van der Waals surface area contributed by atoms with Crippen LogP contribution in [-0.4, -0.2) is 39.1 Å². The van der Waals surface area contributed by atoms with Crippen LogP contribution in [0.25, 0.3) is 17.5 Å². The standard InChI is InChI=1S/C24H22ClN3O4S/c1-4-13-32-19-12-7-16(14-20(19)31-6-3)15-21(23(29)30)33-24-27-26-22(28(24)5-2)17-8-10-18(25)11-9-17/h1,7-12,14-15H,5-6,13H2,2-3H3,(H,29,30)/b21-15-. The van der Waals surface area contributed by atoms with Gasteiger partial charge in [0, 0.05) is 17.1 Å². The number of nitrogens with zero attached hydrogens (tertiary/aromatic N) is 3. The van der Waals surface area contributed by atoms with E-state index in [0.717, 1.165) is 17.3 Å². The highest BCUT2D eigenvalue weighted by molar-refractivity contribution is 8.04. The van der Waals surface area contributed by atoms with E-state index >= 15 is 0 Å². The van der Waals surface area contributed by atoms with E-state index in [-0.39, 0.29) is 11.5 Å². The molecular formula is C24H22ClN3O4S. The number of hydrogen-bond acceptors (Lipinski definition) is 6. The molecule has 0 spiro atoms. The molecule has 7 nitrogen and oxygen atoms in total. The molecule has 1 N–H and O–H groups in total. The lowest BCUT2D eigenvalue weighted by Crippen LogP contribution is -2.03. The highest BCUT2D eigenvalue weighted by atomic mass is 35.5. The van der Waals surface area contributed by atoms with Gasteiger partial charge in [-0.1, -0.05) is 23.6 Å². The monoisotopic (exact) mass is 483 g/mol. The maximum absolute atomic E-state index is 12.0. The van der Waals surface area contributed by atoms with E-state index in [1.807, 2.05) is 30.5 Å². The number of carbonyl (C=O) groups is 1. The molecule has 0 aliphatic carbocycles. The van der Waals surface area contributed by atoms with Crippen molar-refractivity contribution < 1.29 is 19.4 Å². The highest BCUT2D eigenvalue weighted by Crippen LogP contribution is 2.33. The third kappa shape index (κ3) is 6.09. The van der Waals surface area contributed by atoms with Crippen LogP contribution < -0.4 is 9.47 Å². The van der Waals surface area contributed by atoms with E-state index in [2.05, 4.69) is 16.1 Å². The van der Waals surface area contributed by atoms with Gasteiger partial charge in [0.05, 0.1) is 6.61 Å². The zero-order valence-electron chi connectivity index (χ0n) is 18.1. The molecule has 0 radical (unpaired) electrons. The lowest BCUT2D eigenvalue weighted by atomic mass is 10.2. The maximum atomic E-state index is 12.0. The summed E-state index contributed by atoms with van der Waals surface area (Å²) in [6, 6.07) is 12.4. The second kappa shape index (κ2) is 11.5. The molecule has 0 unspecified atom stereocenters. The van der Waals surface area contributed by atoms with Crippen molar-refractivity contribution >= 4 is 35.4 Å². The van der Waals surface area contributed by atoms with Crippen molar-refractivity contribution in [2.24, 2.45) is 0 Å². The van der Waals surface area contributed by atoms with Gasteiger partial charge < -0.3 is 19.1 Å². The van der Waals surface area contributed by atoms with Gasteiger partial charge in [-0.25, -0.2) is 4.79 Å². The number of aromatic nitrogens is 3. The molecule has 0 atom stereocenters. The molecule has 3 aromatic rings. The molecule has 1 heterocycles. The lowest BCUT2D eigenvalue weighted by molar-refractivity contribution is -0.131. The fraction of sp³-hybridized carbons (Fsp3) is 0.208. The fourth-order valence-corrected chi connectivity index (χ4v) is 3.98. The van der Waals surface area contributed by atoms with Crippen molar-refractivity contribution in [1.29, 1.82) is 0 Å². The molecule has 3 rings (SSSR count). The van der Waals surface area contributed by atoms with E-state index in [4.69, 9.17) is 27.5 Å². The van der Waals surface area contributed by atoms with Gasteiger partial charge in [-0.2, -0.15) is 0 Å². The molecule has 1 aromatic heterocycles. The average molecular weight is 484 g/mol. The van der Waals surface area contributed by atoms with Crippen molar-refractivity contribution in [3.8, 4) is 35.2 Å². The van der Waals surface area contributed by atoms with Gasteiger partial charge in [-0.15, -0.1) is 16.6 Å². The number of thioether (sulfide) groups is 1. The highest BCUT2D eigenvalue weighted by Gasteiger charge is 2.18. The van der Waals surface area contributed by atoms with Crippen molar-refractivity contribution in [1.82, 2.24) is 14.8 Å². The Balaban J connectivity index is 1.93. The molecule has 0 aliphatic heterocycles. The molecule has 0 aliphatic rings. The molecule has 0 saturated carbocycles. The van der Waals surface area contributed by atoms with Crippen molar-refractivity contribution in [3.63, 3.8) is 0 Å². The Kier molecular flexibility index (Phi) is 8.41. The number of hydrogen-bond donors (Lipinski definition) is 1. The van der Waals surface area contributed by atoms with Crippen LogP contribution in [0.2, 0.25) is 5.02 Å². The molecule has 170 valence electrons. The summed E-state index contributed by atoms with van der Waals surface area (Å²) in [7, 11) is 0. The summed E-state index contributed by atoms with van der Waals surface area (Å²) in [5.41, 5.74) is 1.47. The van der Waals surface area contributed by atoms with Gasteiger partial charge in [-0.05, 0) is 73.6 Å². The van der Waals surface area contributed by atoms with E-state index in [0.29, 0.717) is 46.2 Å². The Morgan fingerprint density at radius 2 is 1.94 bits per heavy atom. The van der Waals surface area contributed by atoms with Crippen LogP contribution in [0.4, 0.5) is 0 Å². The van der Waals surface area contributed by atoms with Gasteiger partial charge in [0.1, 0.15) is 11.5 Å². The fourth-order valence-electron chi connectivity index (χ4n) is 2.97. The number of rotatable bonds is 10. The van der Waals surface area contributed by atoms with E-state index < -0.39 is 5.97 Å². The van der Waals surface area contributed by atoms with Crippen LogP contribution in [0.5, 0.6) is 11.5 Å². The first-order valence-electron chi connectivity index (χ1n) is 10.1. The average Bonchev–Trinajstić information content (AvgIpc) is 3.21. The van der Waals surface area contributed by atoms with E-state index in [9.17, 15) is 9.90 Å². The number of carboxylic acid groups (broad SMARTS) is 1. The second-order valence-electron chi connectivity index (χ2n) is 6.61. The topological polar surface area (TPSA) is 86.5 Å². The minimum atomic E-state index is -1.08. The molecule has 2 aromatic carbocycles. The van der Waals surface area contributed by atoms with Crippen molar-refractivity contribution in [3.05, 3.63) is 58.0 Å². The Morgan fingerprint density at radius 3 is 2.58 bits per heavy atom. The summed E-state index contributed by atoms with van der Waals surface area (Å²) in [5, 5.41) is 19.4. The SMILES string of the molecule is C#CCOc1ccc(/C=C(\Sc2nnc(-c3ccc(Cl)cc3)n2CC)C(=O)O)cc1OCC. The smallest absolute Gasteiger partial charge is 0.342 e. The number of ether oxygens (including phenoxy) is 2. The number of carboxylic acids is 1. The van der Waals surface area contributed by atoms with Gasteiger partial charge in [0.2, 0.25) is 0 Å². The first-order chi connectivity index (χ1) is 16.0. The summed E-state index contributed by atoms with van der Waals surface area (Å²) in [6.07, 6.45) is 6.81. The number of aliphatic carboxylic acids is 1. The maximum Gasteiger partial charge on any atom is 0.342 e. The summed E-state index contributed by atoms with van der Waals surface area (Å²) >= 11 is 7.00. The van der Waals surface area contributed by atoms with Crippen LogP contribution in [0.15, 0.2) is 52.5 Å². The van der Waals surface area contributed by atoms with E-state index in [1.54, 1.807) is 36.4 Å². The normalized spacial score (nSPS) is 11.2. The Labute approximate surface area is 201 Å². The summed E-state index contributed by atoms with van der Waals surface area (Å²) in [4.78, 5) is 12.1. The van der Waals surface area contributed by atoms with Crippen molar-refractivity contribution in [2.45, 2.75) is 25.5 Å². The molecule has 9 heteroatoms. The molecule has 0 bridgehead atoms. The van der Waals surface area contributed by atoms with Crippen LogP contribution in [0.3, 0.4) is 0 Å². The minimum absolute atomic E-state index is 0.0829. The first-order valence-corrected chi connectivity index (χ1v) is 11.3.